The summed E-state index contributed by atoms with van der Waals surface area (Å²) in [7, 11) is 0. The van der Waals surface area contributed by atoms with Gasteiger partial charge in [0.25, 0.3) is 11.1 Å². The van der Waals surface area contributed by atoms with E-state index < -0.39 is 0 Å². The van der Waals surface area contributed by atoms with Crippen LogP contribution in [0.4, 0.5) is 4.39 Å². The summed E-state index contributed by atoms with van der Waals surface area (Å²) >= 11 is 1.15. The molecule has 3 aromatic carbocycles. The normalized spacial score (nSPS) is 14.5. The lowest BCUT2D eigenvalue weighted by Gasteiger charge is -2.32. The van der Waals surface area contributed by atoms with Crippen LogP contribution < -0.4 is 10.1 Å². The number of hydrogen-bond donors (Lipinski definition) is 1. The van der Waals surface area contributed by atoms with Gasteiger partial charge in [0, 0.05) is 49.2 Å². The molecule has 36 heavy (non-hydrogen) atoms. The Morgan fingerprint density at radius 1 is 1.00 bits per heavy atom. The van der Waals surface area contributed by atoms with Gasteiger partial charge < -0.3 is 10.1 Å². The molecule has 0 saturated carbocycles. The number of rotatable bonds is 8. The molecule has 1 amide bonds. The third-order valence-corrected chi connectivity index (χ3v) is 6.83. The highest BCUT2D eigenvalue weighted by Gasteiger charge is 2.21. The monoisotopic (exact) mass is 502 g/mol. The zero-order chi connectivity index (χ0) is 24.7. The number of carbonyl (C=O) groups excluding carboxylic acids is 1. The number of likely N-dealkylation sites (tertiary alicyclic amines) is 1. The van der Waals surface area contributed by atoms with Gasteiger partial charge in [0.1, 0.15) is 11.6 Å². The van der Waals surface area contributed by atoms with Crippen LogP contribution in [0.2, 0.25) is 0 Å². The first-order valence-corrected chi connectivity index (χ1v) is 12.8. The van der Waals surface area contributed by atoms with Gasteiger partial charge in [-0.1, -0.05) is 48.5 Å². The van der Waals surface area contributed by atoms with E-state index in [1.165, 1.54) is 17.7 Å². The standard InChI is InChI=1S/C28H27FN4O2S/c29-23-11-9-20(10-12-23)17-26-31-28(36-32-26)35-25-8-4-7-22(18-25)27(34)30-24-13-15-33(16-14-24)19-21-5-2-1-3-6-21/h1-12,18,24H,13-17,19H2,(H,30,34). The van der Waals surface area contributed by atoms with Crippen molar-refractivity contribution >= 4 is 17.4 Å². The van der Waals surface area contributed by atoms with E-state index in [0.717, 1.165) is 49.6 Å². The molecule has 5 rings (SSSR count). The van der Waals surface area contributed by atoms with Gasteiger partial charge in [0.15, 0.2) is 5.82 Å². The lowest BCUT2D eigenvalue weighted by molar-refractivity contribution is 0.0908. The van der Waals surface area contributed by atoms with Crippen molar-refractivity contribution in [2.75, 3.05) is 13.1 Å². The van der Waals surface area contributed by atoms with Crippen molar-refractivity contribution in [2.24, 2.45) is 0 Å². The average molecular weight is 503 g/mol. The Bertz CT molecular complexity index is 1290. The quantitative estimate of drug-likeness (QED) is 0.347. The smallest absolute Gasteiger partial charge is 0.298 e. The summed E-state index contributed by atoms with van der Waals surface area (Å²) in [5.74, 6) is 0.765. The molecule has 0 aliphatic carbocycles. The number of nitrogens with zero attached hydrogens (tertiary/aromatic N) is 3. The Hall–Kier alpha value is -3.62. The number of aromatic nitrogens is 2. The molecule has 6 nitrogen and oxygen atoms in total. The molecule has 0 bridgehead atoms. The molecule has 0 spiro atoms. The highest BCUT2D eigenvalue weighted by molar-refractivity contribution is 7.07. The van der Waals surface area contributed by atoms with Crippen LogP contribution in [0.25, 0.3) is 0 Å². The first-order chi connectivity index (χ1) is 17.6. The van der Waals surface area contributed by atoms with Crippen molar-refractivity contribution in [3.8, 4) is 10.9 Å². The fourth-order valence-electron chi connectivity index (χ4n) is 4.28. The summed E-state index contributed by atoms with van der Waals surface area (Å²) in [6.07, 6.45) is 2.35. The van der Waals surface area contributed by atoms with E-state index in [4.69, 9.17) is 4.74 Å². The van der Waals surface area contributed by atoms with Gasteiger partial charge in [-0.15, -0.1) is 0 Å². The van der Waals surface area contributed by atoms with Crippen molar-refractivity contribution in [2.45, 2.75) is 31.8 Å². The number of carbonyl (C=O) groups is 1. The fraction of sp³-hybridized carbons (Fsp3) is 0.250. The fourth-order valence-corrected chi connectivity index (χ4v) is 4.85. The SMILES string of the molecule is O=C(NC1CCN(Cc2ccccc2)CC1)c1cccc(Oc2nc(Cc3ccc(F)cc3)ns2)c1. The second-order valence-corrected chi connectivity index (χ2v) is 9.63. The predicted octanol–water partition coefficient (Wildman–Crippen LogP) is 5.45. The molecule has 4 aromatic rings. The van der Waals surface area contributed by atoms with Crippen LogP contribution in [0.5, 0.6) is 10.9 Å². The van der Waals surface area contributed by atoms with Crippen LogP contribution in [0.1, 0.15) is 40.2 Å². The summed E-state index contributed by atoms with van der Waals surface area (Å²) in [6.45, 7) is 2.86. The minimum absolute atomic E-state index is 0.101. The van der Waals surface area contributed by atoms with Crippen molar-refractivity contribution in [1.29, 1.82) is 0 Å². The summed E-state index contributed by atoms with van der Waals surface area (Å²) in [5, 5.41) is 3.57. The molecule has 1 fully saturated rings. The van der Waals surface area contributed by atoms with Crippen LogP contribution >= 0.6 is 11.5 Å². The van der Waals surface area contributed by atoms with Crippen molar-refractivity contribution in [3.63, 3.8) is 0 Å². The van der Waals surface area contributed by atoms with Crippen molar-refractivity contribution < 1.29 is 13.9 Å². The average Bonchev–Trinajstić information content (AvgIpc) is 3.34. The second kappa shape index (κ2) is 11.4. The molecule has 1 aromatic heterocycles. The number of amides is 1. The molecule has 0 radical (unpaired) electrons. The Morgan fingerprint density at radius 3 is 2.56 bits per heavy atom. The highest BCUT2D eigenvalue weighted by atomic mass is 32.1. The molecule has 1 aliphatic rings. The van der Waals surface area contributed by atoms with Gasteiger partial charge in [-0.25, -0.2) is 4.39 Å². The van der Waals surface area contributed by atoms with Gasteiger partial charge in [-0.2, -0.15) is 9.36 Å². The van der Waals surface area contributed by atoms with Gasteiger partial charge in [0.2, 0.25) is 0 Å². The van der Waals surface area contributed by atoms with Crippen LogP contribution in [-0.4, -0.2) is 39.3 Å². The molecule has 184 valence electrons. The zero-order valence-corrected chi connectivity index (χ0v) is 20.6. The Kier molecular flexibility index (Phi) is 7.64. The molecule has 1 aliphatic heterocycles. The summed E-state index contributed by atoms with van der Waals surface area (Å²) in [6, 6.07) is 24.0. The van der Waals surface area contributed by atoms with E-state index in [9.17, 15) is 9.18 Å². The number of ether oxygens (including phenoxy) is 1. The summed E-state index contributed by atoms with van der Waals surface area (Å²) in [4.78, 5) is 19.7. The summed E-state index contributed by atoms with van der Waals surface area (Å²) < 4.78 is 23.3. The zero-order valence-electron chi connectivity index (χ0n) is 19.8. The number of hydrogen-bond acceptors (Lipinski definition) is 6. The van der Waals surface area contributed by atoms with Gasteiger partial charge in [-0.05, 0) is 54.3 Å². The maximum absolute atomic E-state index is 13.1. The van der Waals surface area contributed by atoms with E-state index in [-0.39, 0.29) is 17.8 Å². The lowest BCUT2D eigenvalue weighted by atomic mass is 10.0. The Labute approximate surface area is 213 Å². The first-order valence-electron chi connectivity index (χ1n) is 12.0. The maximum Gasteiger partial charge on any atom is 0.298 e. The number of piperidine rings is 1. The molecular weight excluding hydrogens is 475 g/mol. The molecule has 0 atom stereocenters. The molecular formula is C28H27FN4O2S. The second-order valence-electron chi connectivity index (χ2n) is 8.92. The molecule has 2 heterocycles. The maximum atomic E-state index is 13.1. The molecule has 0 unspecified atom stereocenters. The van der Waals surface area contributed by atoms with Crippen molar-refractivity contribution in [1.82, 2.24) is 19.6 Å². The Balaban J connectivity index is 1.12. The first kappa shape index (κ1) is 24.1. The van der Waals surface area contributed by atoms with E-state index in [2.05, 4.69) is 43.8 Å². The number of nitrogens with one attached hydrogen (secondary N) is 1. The largest absolute Gasteiger partial charge is 0.430 e. The highest BCUT2D eigenvalue weighted by Crippen LogP contribution is 2.25. The van der Waals surface area contributed by atoms with E-state index in [1.54, 1.807) is 36.4 Å². The third kappa shape index (κ3) is 6.53. The van der Waals surface area contributed by atoms with Crippen LogP contribution in [0.15, 0.2) is 78.9 Å². The summed E-state index contributed by atoms with van der Waals surface area (Å²) in [5.41, 5.74) is 2.79. The number of halogens is 1. The van der Waals surface area contributed by atoms with E-state index in [0.29, 0.717) is 28.8 Å². The minimum atomic E-state index is -0.272. The van der Waals surface area contributed by atoms with Gasteiger partial charge >= 0.3 is 0 Å². The van der Waals surface area contributed by atoms with Crippen LogP contribution in [0, 0.1) is 5.82 Å². The lowest BCUT2D eigenvalue weighted by Crippen LogP contribution is -2.44. The Morgan fingerprint density at radius 2 is 1.78 bits per heavy atom. The molecule has 1 saturated heterocycles. The van der Waals surface area contributed by atoms with Crippen LogP contribution in [0.3, 0.4) is 0 Å². The third-order valence-electron chi connectivity index (χ3n) is 6.20. The van der Waals surface area contributed by atoms with Crippen LogP contribution in [-0.2, 0) is 13.0 Å². The molecule has 1 N–H and O–H groups in total. The topological polar surface area (TPSA) is 67.4 Å². The predicted molar refractivity (Wildman–Crippen MR) is 138 cm³/mol. The van der Waals surface area contributed by atoms with Crippen molar-refractivity contribution in [3.05, 3.63) is 107 Å². The number of benzene rings is 3. The molecule has 8 heteroatoms. The van der Waals surface area contributed by atoms with Gasteiger partial charge in [-0.3, -0.25) is 9.69 Å². The van der Waals surface area contributed by atoms with E-state index in [1.807, 2.05) is 6.07 Å². The van der Waals surface area contributed by atoms with E-state index >= 15 is 0 Å². The van der Waals surface area contributed by atoms with Gasteiger partial charge in [0.05, 0.1) is 0 Å². The minimum Gasteiger partial charge on any atom is -0.430 e.